The summed E-state index contributed by atoms with van der Waals surface area (Å²) in [7, 11) is 0. The summed E-state index contributed by atoms with van der Waals surface area (Å²) in [5, 5.41) is 8.93. The van der Waals surface area contributed by atoms with Gasteiger partial charge in [-0.2, -0.15) is 0 Å². The molecular weight excluding hydrogens is 348 g/mol. The van der Waals surface area contributed by atoms with E-state index in [1.807, 2.05) is 0 Å². The van der Waals surface area contributed by atoms with Crippen LogP contribution in [0.3, 0.4) is 0 Å². The topological polar surface area (TPSA) is 73.3 Å². The van der Waals surface area contributed by atoms with E-state index in [1.54, 1.807) is 4.90 Å². The Morgan fingerprint density at radius 1 is 0.962 bits per heavy atom. The molecule has 0 aliphatic carbocycles. The molecule has 0 unspecified atom stereocenters. The van der Waals surface area contributed by atoms with Crippen LogP contribution < -0.4 is 9.64 Å². The van der Waals surface area contributed by atoms with E-state index in [-0.39, 0.29) is 50.1 Å². The normalized spacial score (nSPS) is 17.5. The number of benzene rings is 1. The molecule has 2 aliphatic heterocycles. The minimum Gasteiger partial charge on any atom is -0.484 e. The first kappa shape index (κ1) is 18.2. The minimum atomic E-state index is -1.04. The molecule has 7 nitrogen and oxygen atoms in total. The van der Waals surface area contributed by atoms with Crippen LogP contribution in [0.25, 0.3) is 0 Å². The number of rotatable bonds is 4. The zero-order chi connectivity index (χ0) is 18.7. The van der Waals surface area contributed by atoms with Gasteiger partial charge in [-0.3, -0.25) is 4.79 Å². The van der Waals surface area contributed by atoms with Crippen LogP contribution in [-0.2, 0) is 4.79 Å². The van der Waals surface area contributed by atoms with Crippen molar-refractivity contribution in [2.24, 2.45) is 0 Å². The summed E-state index contributed by atoms with van der Waals surface area (Å²) >= 11 is 0. The molecule has 0 bridgehead atoms. The standard InChI is InChI=1S/C17H21F2N3O4/c18-13-9-12(26-11-15(23)20-3-1-2-4-20)10-14(19)16(13)21-5-7-22(8-6-21)17(24)25/h9-10H,1-8,11H2,(H,24,25). The third kappa shape index (κ3) is 3.97. The number of nitrogens with zero attached hydrogens (tertiary/aromatic N) is 3. The van der Waals surface area contributed by atoms with Gasteiger partial charge < -0.3 is 24.5 Å². The summed E-state index contributed by atoms with van der Waals surface area (Å²) in [6.07, 6.45) is 0.870. The fourth-order valence-corrected chi connectivity index (χ4v) is 3.25. The lowest BCUT2D eigenvalue weighted by atomic mass is 10.2. The van der Waals surface area contributed by atoms with E-state index in [9.17, 15) is 18.4 Å². The van der Waals surface area contributed by atoms with Gasteiger partial charge in [0.2, 0.25) is 0 Å². The Morgan fingerprint density at radius 3 is 2.08 bits per heavy atom. The second-order valence-corrected chi connectivity index (χ2v) is 6.37. The number of carbonyl (C=O) groups excluding carboxylic acids is 1. The zero-order valence-electron chi connectivity index (χ0n) is 14.3. The van der Waals surface area contributed by atoms with Gasteiger partial charge in [0, 0.05) is 51.4 Å². The highest BCUT2D eigenvalue weighted by molar-refractivity contribution is 5.78. The van der Waals surface area contributed by atoms with Crippen LogP contribution >= 0.6 is 0 Å². The van der Waals surface area contributed by atoms with Crippen LogP contribution in [0, 0.1) is 11.6 Å². The average molecular weight is 369 g/mol. The van der Waals surface area contributed by atoms with E-state index >= 15 is 0 Å². The number of hydrogen-bond acceptors (Lipinski definition) is 4. The summed E-state index contributed by atoms with van der Waals surface area (Å²) < 4.78 is 34.0. The molecule has 3 rings (SSSR count). The first-order valence-electron chi connectivity index (χ1n) is 8.58. The van der Waals surface area contributed by atoms with Gasteiger partial charge in [0.15, 0.2) is 18.2 Å². The molecule has 26 heavy (non-hydrogen) atoms. The van der Waals surface area contributed by atoms with Crippen molar-refractivity contribution in [3.05, 3.63) is 23.8 Å². The fraction of sp³-hybridized carbons (Fsp3) is 0.529. The SMILES string of the molecule is O=C(O)N1CCN(c2c(F)cc(OCC(=O)N3CCCC3)cc2F)CC1. The highest BCUT2D eigenvalue weighted by Gasteiger charge is 2.25. The van der Waals surface area contributed by atoms with Crippen LogP contribution in [0.1, 0.15) is 12.8 Å². The van der Waals surface area contributed by atoms with Crippen molar-refractivity contribution < 1.29 is 28.2 Å². The van der Waals surface area contributed by atoms with Crippen LogP contribution in [0.4, 0.5) is 19.3 Å². The average Bonchev–Trinajstić information content (AvgIpc) is 3.14. The van der Waals surface area contributed by atoms with Gasteiger partial charge in [-0.15, -0.1) is 0 Å². The predicted molar refractivity (Wildman–Crippen MR) is 89.5 cm³/mol. The molecule has 2 amide bonds. The summed E-state index contributed by atoms with van der Waals surface area (Å²) in [6, 6.07) is 2.11. The molecule has 1 aromatic carbocycles. The Morgan fingerprint density at radius 2 is 1.54 bits per heavy atom. The lowest BCUT2D eigenvalue weighted by molar-refractivity contribution is -0.132. The molecule has 1 aromatic rings. The van der Waals surface area contributed by atoms with E-state index in [4.69, 9.17) is 9.84 Å². The minimum absolute atomic E-state index is 0.0412. The Labute approximate surface area is 149 Å². The second-order valence-electron chi connectivity index (χ2n) is 6.37. The van der Waals surface area contributed by atoms with Gasteiger partial charge in [-0.05, 0) is 12.8 Å². The van der Waals surface area contributed by atoms with Gasteiger partial charge in [0.05, 0.1) is 0 Å². The van der Waals surface area contributed by atoms with Gasteiger partial charge >= 0.3 is 6.09 Å². The van der Waals surface area contributed by atoms with Gasteiger partial charge in [0.1, 0.15) is 11.4 Å². The monoisotopic (exact) mass is 369 g/mol. The van der Waals surface area contributed by atoms with E-state index in [0.717, 1.165) is 25.0 Å². The number of likely N-dealkylation sites (tertiary alicyclic amines) is 1. The maximum Gasteiger partial charge on any atom is 0.407 e. The molecule has 0 atom stereocenters. The van der Waals surface area contributed by atoms with Crippen LogP contribution in [0.2, 0.25) is 0 Å². The Hall–Kier alpha value is -2.58. The molecule has 1 N–H and O–H groups in total. The number of piperazine rings is 1. The zero-order valence-corrected chi connectivity index (χ0v) is 14.3. The molecule has 2 heterocycles. The van der Waals surface area contributed by atoms with Crippen molar-refractivity contribution in [3.8, 4) is 5.75 Å². The molecule has 0 radical (unpaired) electrons. The first-order valence-corrected chi connectivity index (χ1v) is 8.58. The van der Waals surface area contributed by atoms with E-state index < -0.39 is 17.7 Å². The van der Waals surface area contributed by atoms with Crippen molar-refractivity contribution >= 4 is 17.7 Å². The van der Waals surface area contributed by atoms with E-state index in [2.05, 4.69) is 0 Å². The van der Waals surface area contributed by atoms with E-state index in [1.165, 1.54) is 9.80 Å². The molecule has 2 fully saturated rings. The largest absolute Gasteiger partial charge is 0.484 e. The third-order valence-electron chi connectivity index (χ3n) is 4.68. The van der Waals surface area contributed by atoms with Gasteiger partial charge in [-0.25, -0.2) is 13.6 Å². The molecule has 142 valence electrons. The summed E-state index contributed by atoms with van der Waals surface area (Å²) in [6.45, 7) is 1.88. The Balaban J connectivity index is 1.63. The number of carboxylic acid groups (broad SMARTS) is 1. The second kappa shape index (κ2) is 7.76. The van der Waals surface area contributed by atoms with Crippen molar-refractivity contribution in [2.75, 3.05) is 50.8 Å². The van der Waals surface area contributed by atoms with Crippen LogP contribution in [0.15, 0.2) is 12.1 Å². The lowest BCUT2D eigenvalue weighted by Crippen LogP contribution is -2.48. The molecule has 0 saturated carbocycles. The number of carbonyl (C=O) groups is 2. The van der Waals surface area contributed by atoms with Crippen molar-refractivity contribution in [1.82, 2.24) is 9.80 Å². The number of anilines is 1. The molecule has 2 saturated heterocycles. The highest BCUT2D eigenvalue weighted by atomic mass is 19.1. The Kier molecular flexibility index (Phi) is 5.43. The quantitative estimate of drug-likeness (QED) is 0.876. The number of amides is 2. The lowest BCUT2D eigenvalue weighted by Gasteiger charge is -2.34. The fourth-order valence-electron chi connectivity index (χ4n) is 3.25. The third-order valence-corrected chi connectivity index (χ3v) is 4.68. The van der Waals surface area contributed by atoms with Crippen molar-refractivity contribution in [2.45, 2.75) is 12.8 Å². The molecule has 2 aliphatic rings. The molecule has 0 spiro atoms. The molecule has 0 aromatic heterocycles. The summed E-state index contributed by atoms with van der Waals surface area (Å²) in [5.41, 5.74) is -0.201. The maximum atomic E-state index is 14.4. The van der Waals surface area contributed by atoms with Crippen LogP contribution in [0.5, 0.6) is 5.75 Å². The van der Waals surface area contributed by atoms with Crippen molar-refractivity contribution in [1.29, 1.82) is 0 Å². The summed E-state index contributed by atoms with van der Waals surface area (Å²) in [5.74, 6) is -1.83. The maximum absolute atomic E-state index is 14.4. The predicted octanol–water partition coefficient (Wildman–Crippen LogP) is 1.77. The molecule has 9 heteroatoms. The van der Waals surface area contributed by atoms with Crippen LogP contribution in [-0.4, -0.2) is 72.8 Å². The smallest absolute Gasteiger partial charge is 0.407 e. The molecular formula is C17H21F2N3O4. The van der Waals surface area contributed by atoms with Gasteiger partial charge in [0.25, 0.3) is 5.91 Å². The van der Waals surface area contributed by atoms with Gasteiger partial charge in [-0.1, -0.05) is 0 Å². The summed E-state index contributed by atoms with van der Waals surface area (Å²) in [4.78, 5) is 27.2. The number of hydrogen-bond donors (Lipinski definition) is 1. The van der Waals surface area contributed by atoms with Crippen molar-refractivity contribution in [3.63, 3.8) is 0 Å². The first-order chi connectivity index (χ1) is 12.5. The number of ether oxygens (including phenoxy) is 1. The highest BCUT2D eigenvalue weighted by Crippen LogP contribution is 2.29. The number of halogens is 2. The Bertz CT molecular complexity index is 664. The van der Waals surface area contributed by atoms with E-state index in [0.29, 0.717) is 13.1 Å².